The van der Waals surface area contributed by atoms with Gasteiger partial charge in [0.15, 0.2) is 6.29 Å². The average Bonchev–Trinajstić information content (AvgIpc) is 2.84. The molecule has 1 N–H and O–H groups in total. The van der Waals surface area contributed by atoms with Gasteiger partial charge in [0, 0.05) is 6.04 Å². The maximum atomic E-state index is 11.2. The minimum absolute atomic E-state index is 0.135. The number of nitrogens with zero attached hydrogens (tertiary/aromatic N) is 1. The molecular weight excluding hydrogens is 244 g/mol. The number of carbonyl (C=O) groups is 3. The zero-order valence-electron chi connectivity index (χ0n) is 10.6. The molecule has 1 aromatic carbocycles. The molecule has 0 amide bonds. The van der Waals surface area contributed by atoms with Crippen LogP contribution in [0, 0.1) is 0 Å². The molecule has 1 saturated heterocycles. The summed E-state index contributed by atoms with van der Waals surface area (Å²) in [5.74, 6) is 0. The highest BCUT2D eigenvalue weighted by Crippen LogP contribution is 2.27. The van der Waals surface area contributed by atoms with Crippen LogP contribution in [0.2, 0.25) is 0 Å². The van der Waals surface area contributed by atoms with E-state index in [4.69, 9.17) is 0 Å². The molecule has 0 radical (unpaired) electrons. The van der Waals surface area contributed by atoms with Gasteiger partial charge in [-0.2, -0.15) is 0 Å². The van der Waals surface area contributed by atoms with Gasteiger partial charge in [0.25, 0.3) is 0 Å². The molecule has 19 heavy (non-hydrogen) atoms. The summed E-state index contributed by atoms with van der Waals surface area (Å²) in [6.07, 6.45) is 1.49. The highest BCUT2D eigenvalue weighted by Gasteiger charge is 2.43. The monoisotopic (exact) mass is 260 g/mol. The summed E-state index contributed by atoms with van der Waals surface area (Å²) >= 11 is 0. The summed E-state index contributed by atoms with van der Waals surface area (Å²) in [4.78, 5) is 35.1. The Hall–Kier alpha value is -1.85. The summed E-state index contributed by atoms with van der Waals surface area (Å²) in [5.41, 5.74) is 0.995. The standard InChI is InChI=1S/C14H16N2O3/c1-10(11-5-3-2-4-6-11)16-13(8-18)12(7-17)15-14(16)9-19/h2-10,12-15H,1H3/t10-,12?,13?,14?/m1/s1. The Labute approximate surface area is 111 Å². The number of hydrogen-bond donors (Lipinski definition) is 1. The Morgan fingerprint density at radius 3 is 2.32 bits per heavy atom. The quantitative estimate of drug-likeness (QED) is 0.772. The first-order valence-corrected chi connectivity index (χ1v) is 6.17. The van der Waals surface area contributed by atoms with Crippen molar-refractivity contribution in [2.45, 2.75) is 31.2 Å². The molecule has 0 spiro atoms. The van der Waals surface area contributed by atoms with Crippen LogP contribution in [0.25, 0.3) is 0 Å². The first kappa shape index (κ1) is 13.6. The van der Waals surface area contributed by atoms with E-state index in [0.29, 0.717) is 6.29 Å². The Morgan fingerprint density at radius 1 is 1.11 bits per heavy atom. The Morgan fingerprint density at radius 2 is 1.79 bits per heavy atom. The largest absolute Gasteiger partial charge is 0.302 e. The fourth-order valence-corrected chi connectivity index (χ4v) is 2.54. The summed E-state index contributed by atoms with van der Waals surface area (Å²) in [6, 6.07) is 8.18. The second-order valence-electron chi connectivity index (χ2n) is 4.57. The lowest BCUT2D eigenvalue weighted by atomic mass is 10.0. The van der Waals surface area contributed by atoms with Crippen LogP contribution in [0.3, 0.4) is 0 Å². The zero-order valence-corrected chi connectivity index (χ0v) is 10.6. The van der Waals surface area contributed by atoms with Gasteiger partial charge < -0.3 is 14.4 Å². The van der Waals surface area contributed by atoms with Crippen LogP contribution < -0.4 is 5.32 Å². The number of benzene rings is 1. The topological polar surface area (TPSA) is 66.5 Å². The smallest absolute Gasteiger partial charge is 0.151 e. The fourth-order valence-electron chi connectivity index (χ4n) is 2.54. The first-order chi connectivity index (χ1) is 9.22. The molecule has 0 aromatic heterocycles. The Kier molecular flexibility index (Phi) is 4.19. The van der Waals surface area contributed by atoms with Crippen molar-refractivity contribution in [3.63, 3.8) is 0 Å². The molecule has 100 valence electrons. The van der Waals surface area contributed by atoms with Crippen molar-refractivity contribution in [2.75, 3.05) is 0 Å². The van der Waals surface area contributed by atoms with E-state index < -0.39 is 18.2 Å². The minimum Gasteiger partial charge on any atom is -0.302 e. The summed E-state index contributed by atoms with van der Waals surface area (Å²) in [6.45, 7) is 1.91. The number of carbonyl (C=O) groups excluding carboxylic acids is 3. The molecule has 5 nitrogen and oxygen atoms in total. The van der Waals surface area contributed by atoms with Gasteiger partial charge in [-0.3, -0.25) is 10.2 Å². The molecule has 1 heterocycles. The van der Waals surface area contributed by atoms with Crippen LogP contribution in [0.4, 0.5) is 0 Å². The van der Waals surface area contributed by atoms with E-state index >= 15 is 0 Å². The molecule has 5 heteroatoms. The zero-order chi connectivity index (χ0) is 13.8. The van der Waals surface area contributed by atoms with Crippen molar-refractivity contribution < 1.29 is 14.4 Å². The normalized spacial score (nSPS) is 28.8. The lowest BCUT2D eigenvalue weighted by Gasteiger charge is -2.30. The van der Waals surface area contributed by atoms with Gasteiger partial charge in [-0.1, -0.05) is 30.3 Å². The van der Waals surface area contributed by atoms with Crippen molar-refractivity contribution >= 4 is 18.9 Å². The fraction of sp³-hybridized carbons (Fsp3) is 0.357. The van der Waals surface area contributed by atoms with Crippen LogP contribution in [0.15, 0.2) is 30.3 Å². The highest BCUT2D eigenvalue weighted by molar-refractivity contribution is 5.75. The molecule has 4 atom stereocenters. The van der Waals surface area contributed by atoms with Gasteiger partial charge in [0.2, 0.25) is 0 Å². The van der Waals surface area contributed by atoms with Crippen LogP contribution >= 0.6 is 0 Å². The predicted molar refractivity (Wildman–Crippen MR) is 69.4 cm³/mol. The SMILES string of the molecule is C[C@H](c1ccccc1)N1C(C=O)NC(C=O)C1C=O. The van der Waals surface area contributed by atoms with E-state index in [9.17, 15) is 14.4 Å². The number of nitrogens with one attached hydrogen (secondary N) is 1. The van der Waals surface area contributed by atoms with Gasteiger partial charge in [-0.25, -0.2) is 0 Å². The lowest BCUT2D eigenvalue weighted by molar-refractivity contribution is -0.118. The van der Waals surface area contributed by atoms with E-state index in [0.717, 1.165) is 18.1 Å². The van der Waals surface area contributed by atoms with Crippen LogP contribution in [0.1, 0.15) is 18.5 Å². The van der Waals surface area contributed by atoms with Crippen LogP contribution in [0.5, 0.6) is 0 Å². The summed E-state index contributed by atoms with van der Waals surface area (Å²) < 4.78 is 0. The number of rotatable bonds is 5. The molecule has 1 aliphatic rings. The molecule has 1 aromatic rings. The summed E-state index contributed by atoms with van der Waals surface area (Å²) in [7, 11) is 0. The van der Waals surface area contributed by atoms with Crippen molar-refractivity contribution in [1.82, 2.24) is 10.2 Å². The highest BCUT2D eigenvalue weighted by atomic mass is 16.1. The maximum Gasteiger partial charge on any atom is 0.151 e. The molecule has 0 aliphatic carbocycles. The third-order valence-corrected chi connectivity index (χ3v) is 3.54. The van der Waals surface area contributed by atoms with Crippen molar-refractivity contribution in [2.24, 2.45) is 0 Å². The van der Waals surface area contributed by atoms with Gasteiger partial charge in [0.1, 0.15) is 18.7 Å². The second-order valence-corrected chi connectivity index (χ2v) is 4.57. The van der Waals surface area contributed by atoms with Crippen molar-refractivity contribution in [3.05, 3.63) is 35.9 Å². The van der Waals surface area contributed by atoms with Crippen molar-refractivity contribution in [1.29, 1.82) is 0 Å². The van der Waals surface area contributed by atoms with Gasteiger partial charge in [-0.15, -0.1) is 0 Å². The second kappa shape index (κ2) is 5.86. The minimum atomic E-state index is -0.640. The maximum absolute atomic E-state index is 11.2. The third-order valence-electron chi connectivity index (χ3n) is 3.54. The third kappa shape index (κ3) is 2.47. The predicted octanol–water partition coefficient (Wildman–Crippen LogP) is 0.313. The number of aldehydes is 3. The van der Waals surface area contributed by atoms with E-state index in [1.54, 1.807) is 4.90 Å². The van der Waals surface area contributed by atoms with Crippen molar-refractivity contribution in [3.8, 4) is 0 Å². The Bertz CT molecular complexity index is 463. The molecule has 1 aliphatic heterocycles. The molecule has 0 bridgehead atoms. The van der Waals surface area contributed by atoms with E-state index in [1.807, 2.05) is 37.3 Å². The molecule has 0 saturated carbocycles. The first-order valence-electron chi connectivity index (χ1n) is 6.17. The van der Waals surface area contributed by atoms with Gasteiger partial charge in [0.05, 0.1) is 12.1 Å². The van der Waals surface area contributed by atoms with Crippen LogP contribution in [-0.2, 0) is 14.4 Å². The molecule has 3 unspecified atom stereocenters. The summed E-state index contributed by atoms with van der Waals surface area (Å²) in [5, 5.41) is 2.85. The molecule has 1 fully saturated rings. The van der Waals surface area contributed by atoms with E-state index in [2.05, 4.69) is 5.32 Å². The van der Waals surface area contributed by atoms with Gasteiger partial charge in [-0.05, 0) is 12.5 Å². The van der Waals surface area contributed by atoms with Gasteiger partial charge >= 0.3 is 0 Å². The van der Waals surface area contributed by atoms with E-state index in [-0.39, 0.29) is 6.04 Å². The number of hydrogen-bond acceptors (Lipinski definition) is 5. The molecule has 2 rings (SSSR count). The average molecular weight is 260 g/mol. The van der Waals surface area contributed by atoms with E-state index in [1.165, 1.54) is 0 Å². The van der Waals surface area contributed by atoms with Crippen LogP contribution in [-0.4, -0.2) is 42.0 Å². The lowest BCUT2D eigenvalue weighted by Crippen LogP contribution is -2.42. The Balaban J connectivity index is 2.31. The molecular formula is C14H16N2O3.